The number of carbonyl (C=O) groups excluding carboxylic acids is 2. The van der Waals surface area contributed by atoms with Crippen molar-refractivity contribution in [1.29, 1.82) is 0 Å². The van der Waals surface area contributed by atoms with Gasteiger partial charge >= 0.3 is 5.97 Å². The van der Waals surface area contributed by atoms with Gasteiger partial charge in [0.1, 0.15) is 5.75 Å². The molecule has 3 aromatic carbocycles. The van der Waals surface area contributed by atoms with Gasteiger partial charge in [0.05, 0.1) is 25.5 Å². The molecule has 1 aromatic heterocycles. The zero-order chi connectivity index (χ0) is 24.6. The highest BCUT2D eigenvalue weighted by Gasteiger charge is 2.17. The van der Waals surface area contributed by atoms with Crippen molar-refractivity contribution < 1.29 is 19.1 Å². The fourth-order valence-electron chi connectivity index (χ4n) is 3.36. The summed E-state index contributed by atoms with van der Waals surface area (Å²) in [5, 5.41) is 12.3. The van der Waals surface area contributed by atoms with E-state index in [9.17, 15) is 9.59 Å². The number of hydrogen-bond donors (Lipinski definition) is 1. The molecular weight excluding hydrogens is 464 g/mol. The van der Waals surface area contributed by atoms with Crippen LogP contribution in [0.1, 0.15) is 15.9 Å². The Morgan fingerprint density at radius 3 is 2.29 bits per heavy atom. The van der Waals surface area contributed by atoms with Crippen molar-refractivity contribution in [3.8, 4) is 22.8 Å². The molecule has 0 spiro atoms. The summed E-state index contributed by atoms with van der Waals surface area (Å²) in [6, 6.07) is 24.3. The lowest BCUT2D eigenvalue weighted by Crippen LogP contribution is -2.24. The van der Waals surface area contributed by atoms with Crippen molar-refractivity contribution in [1.82, 2.24) is 20.1 Å². The van der Waals surface area contributed by atoms with E-state index in [1.807, 2.05) is 59.2 Å². The fraction of sp³-hybridized carbons (Fsp3) is 0.154. The molecule has 0 atom stereocenters. The molecule has 0 saturated heterocycles. The second kappa shape index (κ2) is 11.3. The lowest BCUT2D eigenvalue weighted by Gasteiger charge is -2.11. The van der Waals surface area contributed by atoms with Gasteiger partial charge in [0.25, 0.3) is 0 Å². The molecule has 4 rings (SSSR count). The first kappa shape index (κ1) is 24.0. The van der Waals surface area contributed by atoms with Gasteiger partial charge in [-0.25, -0.2) is 4.79 Å². The number of carbonyl (C=O) groups is 2. The highest BCUT2D eigenvalue weighted by atomic mass is 32.2. The Labute approximate surface area is 207 Å². The van der Waals surface area contributed by atoms with Crippen LogP contribution in [-0.4, -0.2) is 46.6 Å². The first-order valence-corrected chi connectivity index (χ1v) is 11.8. The molecule has 1 N–H and O–H groups in total. The molecule has 0 unspecified atom stereocenters. The van der Waals surface area contributed by atoms with E-state index in [2.05, 4.69) is 15.5 Å². The summed E-state index contributed by atoms with van der Waals surface area (Å²) in [6.45, 7) is 0.351. The predicted octanol–water partition coefficient (Wildman–Crippen LogP) is 4.14. The van der Waals surface area contributed by atoms with Crippen molar-refractivity contribution >= 4 is 23.6 Å². The van der Waals surface area contributed by atoms with Gasteiger partial charge < -0.3 is 14.8 Å². The van der Waals surface area contributed by atoms with E-state index in [-0.39, 0.29) is 11.7 Å². The number of thioether (sulfide) groups is 1. The van der Waals surface area contributed by atoms with E-state index in [0.29, 0.717) is 23.1 Å². The first-order valence-electron chi connectivity index (χ1n) is 10.8. The molecule has 1 heterocycles. The van der Waals surface area contributed by atoms with Gasteiger partial charge in [-0.2, -0.15) is 0 Å². The third-order valence-electron chi connectivity index (χ3n) is 5.19. The monoisotopic (exact) mass is 488 g/mol. The molecule has 0 saturated carbocycles. The Bertz CT molecular complexity index is 1290. The molecule has 8 nitrogen and oxygen atoms in total. The summed E-state index contributed by atoms with van der Waals surface area (Å²) >= 11 is 1.31. The summed E-state index contributed by atoms with van der Waals surface area (Å²) in [5.74, 6) is 1.07. The van der Waals surface area contributed by atoms with Crippen LogP contribution in [0.3, 0.4) is 0 Å². The number of nitrogens with zero attached hydrogens (tertiary/aromatic N) is 3. The van der Waals surface area contributed by atoms with Crippen molar-refractivity contribution in [2.24, 2.45) is 0 Å². The molecule has 0 radical (unpaired) electrons. The highest BCUT2D eigenvalue weighted by molar-refractivity contribution is 7.99. The number of ether oxygens (including phenoxy) is 2. The lowest BCUT2D eigenvalue weighted by atomic mass is 10.1. The maximum absolute atomic E-state index is 12.5. The van der Waals surface area contributed by atoms with Crippen LogP contribution < -0.4 is 10.1 Å². The maximum atomic E-state index is 12.5. The number of methoxy groups -OCH3 is 2. The Kier molecular flexibility index (Phi) is 7.79. The third-order valence-corrected chi connectivity index (χ3v) is 6.12. The summed E-state index contributed by atoms with van der Waals surface area (Å²) in [4.78, 5) is 24.1. The van der Waals surface area contributed by atoms with Crippen LogP contribution in [0.15, 0.2) is 84.0 Å². The van der Waals surface area contributed by atoms with E-state index in [4.69, 9.17) is 9.47 Å². The number of amides is 1. The molecular formula is C26H24N4O4S. The largest absolute Gasteiger partial charge is 0.497 e. The molecule has 35 heavy (non-hydrogen) atoms. The number of rotatable bonds is 9. The van der Waals surface area contributed by atoms with Gasteiger partial charge in [-0.05, 0) is 54.1 Å². The number of benzene rings is 3. The summed E-state index contributed by atoms with van der Waals surface area (Å²) < 4.78 is 11.9. The van der Waals surface area contributed by atoms with E-state index in [0.717, 1.165) is 22.6 Å². The van der Waals surface area contributed by atoms with E-state index in [1.165, 1.54) is 18.9 Å². The average molecular weight is 489 g/mol. The number of hydrogen-bond acceptors (Lipinski definition) is 7. The Morgan fingerprint density at radius 1 is 0.914 bits per heavy atom. The molecule has 0 aliphatic rings. The number of para-hydroxylation sites is 1. The molecule has 1 amide bonds. The number of esters is 1. The van der Waals surface area contributed by atoms with Crippen LogP contribution in [-0.2, 0) is 16.1 Å². The van der Waals surface area contributed by atoms with Gasteiger partial charge in [0.15, 0.2) is 11.0 Å². The molecule has 0 aliphatic carbocycles. The zero-order valence-corrected chi connectivity index (χ0v) is 20.1. The van der Waals surface area contributed by atoms with Gasteiger partial charge in [-0.15, -0.1) is 10.2 Å². The van der Waals surface area contributed by atoms with Crippen molar-refractivity contribution in [3.63, 3.8) is 0 Å². The van der Waals surface area contributed by atoms with Crippen LogP contribution in [0, 0.1) is 0 Å². The van der Waals surface area contributed by atoms with E-state index in [1.54, 1.807) is 31.4 Å². The summed E-state index contributed by atoms with van der Waals surface area (Å²) in [6.07, 6.45) is 0. The standard InChI is InChI=1S/C26H24N4O4S/c1-33-22-14-12-19(13-15-22)24-28-29-26(30(24)21-6-4-3-5-7-21)35-17-23(31)27-16-18-8-10-20(11-9-18)25(32)34-2/h3-15H,16-17H2,1-2H3,(H,27,31). The summed E-state index contributed by atoms with van der Waals surface area (Å²) in [7, 11) is 2.96. The van der Waals surface area contributed by atoms with Crippen molar-refractivity contribution in [3.05, 3.63) is 90.0 Å². The molecule has 0 bridgehead atoms. The van der Waals surface area contributed by atoms with Gasteiger partial charge in [-0.1, -0.05) is 42.1 Å². The minimum Gasteiger partial charge on any atom is -0.497 e. The van der Waals surface area contributed by atoms with Crippen molar-refractivity contribution in [2.75, 3.05) is 20.0 Å². The minimum atomic E-state index is -0.395. The molecule has 0 aliphatic heterocycles. The SMILES string of the molecule is COC(=O)c1ccc(CNC(=O)CSc2nnc(-c3ccc(OC)cc3)n2-c2ccccc2)cc1. The smallest absolute Gasteiger partial charge is 0.337 e. The number of nitrogens with one attached hydrogen (secondary N) is 1. The van der Waals surface area contributed by atoms with Crippen molar-refractivity contribution in [2.45, 2.75) is 11.7 Å². The lowest BCUT2D eigenvalue weighted by molar-refractivity contribution is -0.118. The van der Waals surface area contributed by atoms with Crippen LogP contribution in [0.5, 0.6) is 5.75 Å². The molecule has 4 aromatic rings. The van der Waals surface area contributed by atoms with Crippen LogP contribution in [0.4, 0.5) is 0 Å². The quantitative estimate of drug-likeness (QED) is 0.279. The normalized spacial score (nSPS) is 10.6. The Morgan fingerprint density at radius 2 is 1.63 bits per heavy atom. The third kappa shape index (κ3) is 5.88. The average Bonchev–Trinajstić information content (AvgIpc) is 3.35. The number of aromatic nitrogens is 3. The zero-order valence-electron chi connectivity index (χ0n) is 19.3. The van der Waals surface area contributed by atoms with Gasteiger partial charge in [-0.3, -0.25) is 9.36 Å². The Balaban J connectivity index is 1.45. The van der Waals surface area contributed by atoms with Crippen LogP contribution >= 0.6 is 11.8 Å². The molecule has 178 valence electrons. The Hall–Kier alpha value is -4.11. The topological polar surface area (TPSA) is 95.3 Å². The highest BCUT2D eigenvalue weighted by Crippen LogP contribution is 2.29. The van der Waals surface area contributed by atoms with Gasteiger partial charge in [0.2, 0.25) is 5.91 Å². The summed E-state index contributed by atoms with van der Waals surface area (Å²) in [5.41, 5.74) is 3.13. The van der Waals surface area contributed by atoms with E-state index < -0.39 is 5.97 Å². The van der Waals surface area contributed by atoms with Crippen LogP contribution in [0.25, 0.3) is 17.1 Å². The van der Waals surface area contributed by atoms with Crippen LogP contribution in [0.2, 0.25) is 0 Å². The first-order chi connectivity index (χ1) is 17.1. The second-order valence-corrected chi connectivity index (χ2v) is 8.40. The van der Waals surface area contributed by atoms with Gasteiger partial charge in [0, 0.05) is 17.8 Å². The fourth-order valence-corrected chi connectivity index (χ4v) is 4.14. The minimum absolute atomic E-state index is 0.138. The molecule has 0 fully saturated rings. The maximum Gasteiger partial charge on any atom is 0.337 e. The van der Waals surface area contributed by atoms with E-state index >= 15 is 0 Å². The second-order valence-electron chi connectivity index (χ2n) is 7.46. The predicted molar refractivity (Wildman–Crippen MR) is 134 cm³/mol. The molecule has 9 heteroatoms.